The van der Waals surface area contributed by atoms with Crippen LogP contribution < -0.4 is 4.90 Å². The van der Waals surface area contributed by atoms with E-state index in [-0.39, 0.29) is 5.97 Å². The molecule has 5 nitrogen and oxygen atoms in total. The third-order valence-corrected chi connectivity index (χ3v) is 3.76. The van der Waals surface area contributed by atoms with E-state index >= 15 is 0 Å². The number of morpholine rings is 1. The molecule has 0 bridgehead atoms. The number of fused-ring (bicyclic) bond motifs is 1. The first-order valence-electron chi connectivity index (χ1n) is 6.99. The fraction of sp³-hybridized carbons (Fsp3) is 0.375. The van der Waals surface area contributed by atoms with Gasteiger partial charge in [-0.2, -0.15) is 0 Å². The van der Waals surface area contributed by atoms with Crippen molar-refractivity contribution in [2.24, 2.45) is 0 Å². The fourth-order valence-corrected chi connectivity index (χ4v) is 2.69. The van der Waals surface area contributed by atoms with E-state index in [0.29, 0.717) is 19.8 Å². The fourth-order valence-electron chi connectivity index (χ4n) is 2.69. The molecule has 1 saturated heterocycles. The normalized spacial score (nSPS) is 18.8. The molecule has 0 N–H and O–H groups in total. The first kappa shape index (κ1) is 13.8. The molecule has 1 aromatic carbocycles. The van der Waals surface area contributed by atoms with E-state index in [1.165, 1.54) is 7.11 Å². The summed E-state index contributed by atoms with van der Waals surface area (Å²) in [5, 5.41) is 1.10. The molecule has 1 fully saturated rings. The van der Waals surface area contributed by atoms with Gasteiger partial charge >= 0.3 is 5.97 Å². The molecule has 2 aromatic rings. The number of carbonyl (C=O) groups excluding carboxylic acids is 1. The zero-order chi connectivity index (χ0) is 14.8. The minimum atomic E-state index is -0.434. The largest absolute Gasteiger partial charge is 0.467 e. The van der Waals surface area contributed by atoms with Crippen molar-refractivity contribution in [3.8, 4) is 0 Å². The first-order valence-corrected chi connectivity index (χ1v) is 6.99. The average molecular weight is 286 g/mol. The lowest BCUT2D eigenvalue weighted by atomic mass is 10.1. The molecule has 0 saturated carbocycles. The molecule has 0 radical (unpaired) electrons. The number of nitrogens with zero attached hydrogens (tertiary/aromatic N) is 2. The highest BCUT2D eigenvalue weighted by molar-refractivity contribution is 5.84. The van der Waals surface area contributed by atoms with Crippen LogP contribution in [0.2, 0.25) is 0 Å². The lowest BCUT2D eigenvalue weighted by molar-refractivity contribution is -0.144. The summed E-state index contributed by atoms with van der Waals surface area (Å²) in [7, 11) is 1.40. The molecule has 110 valence electrons. The minimum absolute atomic E-state index is 0.288. The van der Waals surface area contributed by atoms with Gasteiger partial charge in [-0.05, 0) is 24.6 Å². The van der Waals surface area contributed by atoms with Crippen molar-refractivity contribution in [2.45, 2.75) is 13.0 Å². The zero-order valence-electron chi connectivity index (χ0n) is 12.2. The van der Waals surface area contributed by atoms with Crippen molar-refractivity contribution in [1.82, 2.24) is 4.98 Å². The average Bonchev–Trinajstić information content (AvgIpc) is 2.53. The molecular weight excluding hydrogens is 268 g/mol. The van der Waals surface area contributed by atoms with Gasteiger partial charge in [0.1, 0.15) is 5.82 Å². The van der Waals surface area contributed by atoms with Crippen molar-refractivity contribution < 1.29 is 14.3 Å². The number of methoxy groups -OCH3 is 1. The standard InChI is InChI=1S/C16H18N2O3/c1-11-9-12-5-3-4-6-13(12)17-15(11)18-7-8-21-10-14(18)16(19)20-2/h3-6,9,14H,7-8,10H2,1-2H3. The van der Waals surface area contributed by atoms with Crippen LogP contribution in [0.4, 0.5) is 5.82 Å². The Morgan fingerprint density at radius 1 is 1.43 bits per heavy atom. The smallest absolute Gasteiger partial charge is 0.330 e. The summed E-state index contributed by atoms with van der Waals surface area (Å²) in [4.78, 5) is 18.7. The summed E-state index contributed by atoms with van der Waals surface area (Å²) in [5.41, 5.74) is 1.97. The SMILES string of the molecule is COC(=O)C1COCCN1c1nc2ccccc2cc1C. The summed E-state index contributed by atoms with van der Waals surface area (Å²) in [5.74, 6) is 0.538. The summed E-state index contributed by atoms with van der Waals surface area (Å²) >= 11 is 0. The number of ether oxygens (including phenoxy) is 2. The van der Waals surface area contributed by atoms with Gasteiger partial charge in [-0.1, -0.05) is 18.2 Å². The van der Waals surface area contributed by atoms with Crippen LogP contribution in [-0.2, 0) is 14.3 Å². The van der Waals surface area contributed by atoms with Crippen molar-refractivity contribution in [3.63, 3.8) is 0 Å². The van der Waals surface area contributed by atoms with Gasteiger partial charge in [0, 0.05) is 11.9 Å². The van der Waals surface area contributed by atoms with Gasteiger partial charge < -0.3 is 14.4 Å². The maximum atomic E-state index is 12.0. The molecule has 2 heterocycles. The van der Waals surface area contributed by atoms with E-state index in [4.69, 9.17) is 14.5 Å². The van der Waals surface area contributed by atoms with Crippen molar-refractivity contribution in [1.29, 1.82) is 0 Å². The number of rotatable bonds is 2. The number of carbonyl (C=O) groups is 1. The van der Waals surface area contributed by atoms with Gasteiger partial charge in [-0.15, -0.1) is 0 Å². The van der Waals surface area contributed by atoms with Crippen LogP contribution in [0.1, 0.15) is 5.56 Å². The topological polar surface area (TPSA) is 51.7 Å². The second-order valence-corrected chi connectivity index (χ2v) is 5.13. The Morgan fingerprint density at radius 2 is 2.24 bits per heavy atom. The monoisotopic (exact) mass is 286 g/mol. The molecule has 1 aromatic heterocycles. The number of hydrogen-bond acceptors (Lipinski definition) is 5. The van der Waals surface area contributed by atoms with E-state index in [1.54, 1.807) is 0 Å². The molecule has 3 rings (SSSR count). The lowest BCUT2D eigenvalue weighted by Crippen LogP contribution is -2.51. The number of aryl methyl sites for hydroxylation is 1. The highest BCUT2D eigenvalue weighted by Crippen LogP contribution is 2.26. The molecule has 1 aliphatic heterocycles. The van der Waals surface area contributed by atoms with Crippen LogP contribution in [-0.4, -0.2) is 43.9 Å². The van der Waals surface area contributed by atoms with E-state index in [0.717, 1.165) is 22.3 Å². The number of esters is 1. The second kappa shape index (κ2) is 5.69. The Hall–Kier alpha value is -2.14. The molecule has 1 aliphatic rings. The molecule has 5 heteroatoms. The number of benzene rings is 1. The van der Waals surface area contributed by atoms with E-state index in [9.17, 15) is 4.79 Å². The Kier molecular flexibility index (Phi) is 3.75. The van der Waals surface area contributed by atoms with Gasteiger partial charge in [0.05, 0.1) is 25.8 Å². The lowest BCUT2D eigenvalue weighted by Gasteiger charge is -2.35. The van der Waals surface area contributed by atoms with Crippen LogP contribution in [0.15, 0.2) is 30.3 Å². The van der Waals surface area contributed by atoms with Crippen molar-refractivity contribution >= 4 is 22.7 Å². The Morgan fingerprint density at radius 3 is 3.05 bits per heavy atom. The van der Waals surface area contributed by atoms with Crippen LogP contribution in [0.25, 0.3) is 10.9 Å². The second-order valence-electron chi connectivity index (χ2n) is 5.13. The van der Waals surface area contributed by atoms with E-state index in [1.807, 2.05) is 36.1 Å². The summed E-state index contributed by atoms with van der Waals surface area (Å²) in [6.45, 7) is 3.56. The molecule has 21 heavy (non-hydrogen) atoms. The summed E-state index contributed by atoms with van der Waals surface area (Å²) in [6, 6.07) is 9.64. The Bertz CT molecular complexity index is 672. The van der Waals surface area contributed by atoms with Gasteiger partial charge in [0.2, 0.25) is 0 Å². The van der Waals surface area contributed by atoms with Crippen LogP contribution >= 0.6 is 0 Å². The first-order chi connectivity index (χ1) is 10.2. The van der Waals surface area contributed by atoms with E-state index < -0.39 is 6.04 Å². The highest BCUT2D eigenvalue weighted by Gasteiger charge is 2.32. The minimum Gasteiger partial charge on any atom is -0.467 e. The molecular formula is C16H18N2O3. The Balaban J connectivity index is 2.04. The predicted octanol–water partition coefficient (Wildman–Crippen LogP) is 1.92. The van der Waals surface area contributed by atoms with Gasteiger partial charge in [-0.25, -0.2) is 9.78 Å². The molecule has 1 unspecified atom stereocenters. The zero-order valence-corrected chi connectivity index (χ0v) is 12.2. The highest BCUT2D eigenvalue weighted by atomic mass is 16.5. The number of pyridine rings is 1. The predicted molar refractivity (Wildman–Crippen MR) is 80.4 cm³/mol. The van der Waals surface area contributed by atoms with Gasteiger partial charge in [0.25, 0.3) is 0 Å². The molecule has 0 amide bonds. The molecule has 1 atom stereocenters. The number of aromatic nitrogens is 1. The van der Waals surface area contributed by atoms with Crippen LogP contribution in [0, 0.1) is 6.92 Å². The quantitative estimate of drug-likeness (QED) is 0.789. The number of para-hydroxylation sites is 1. The maximum absolute atomic E-state index is 12.0. The summed E-state index contributed by atoms with van der Waals surface area (Å²) < 4.78 is 10.3. The number of hydrogen-bond donors (Lipinski definition) is 0. The van der Waals surface area contributed by atoms with Gasteiger partial charge in [-0.3, -0.25) is 0 Å². The third kappa shape index (κ3) is 2.56. The van der Waals surface area contributed by atoms with Crippen molar-refractivity contribution in [3.05, 3.63) is 35.9 Å². The van der Waals surface area contributed by atoms with Crippen LogP contribution in [0.3, 0.4) is 0 Å². The summed E-state index contributed by atoms with van der Waals surface area (Å²) in [6.07, 6.45) is 0. The van der Waals surface area contributed by atoms with E-state index in [2.05, 4.69) is 6.07 Å². The molecule has 0 spiro atoms. The number of anilines is 1. The van der Waals surface area contributed by atoms with Gasteiger partial charge in [0.15, 0.2) is 6.04 Å². The molecule has 0 aliphatic carbocycles. The Labute approximate surface area is 123 Å². The van der Waals surface area contributed by atoms with Crippen molar-refractivity contribution in [2.75, 3.05) is 31.8 Å². The third-order valence-electron chi connectivity index (χ3n) is 3.76. The van der Waals surface area contributed by atoms with Crippen LogP contribution in [0.5, 0.6) is 0 Å². The maximum Gasteiger partial charge on any atom is 0.330 e.